The van der Waals surface area contributed by atoms with Crippen LogP contribution in [0.2, 0.25) is 0 Å². The molecule has 0 saturated heterocycles. The molecule has 1 aliphatic rings. The number of carbonyl (C=O) groups is 6. The minimum atomic E-state index is -0.482. The van der Waals surface area contributed by atoms with Crippen molar-refractivity contribution in [2.75, 3.05) is 55.9 Å². The molecule has 15 rings (SSSR count). The number of esters is 6. The highest BCUT2D eigenvalue weighted by molar-refractivity contribution is 7.22. The topological polar surface area (TPSA) is 297 Å². The number of rotatable bonds is 51. The second-order valence-electron chi connectivity index (χ2n) is 34.4. The third-order valence-corrected chi connectivity index (χ3v) is 26.5. The van der Waals surface area contributed by atoms with Gasteiger partial charge in [-0.05, 0) is 312 Å². The number of hydrogen-bond donors (Lipinski definition) is 3. The number of hydrazone groups is 3. The van der Waals surface area contributed by atoms with Crippen LogP contribution in [0.15, 0.2) is 302 Å². The van der Waals surface area contributed by atoms with Crippen LogP contribution in [-0.4, -0.2) is 109 Å². The van der Waals surface area contributed by atoms with Gasteiger partial charge in [0.25, 0.3) is 0 Å². The maximum absolute atomic E-state index is 13.2. The molecule has 744 valence electrons. The molecule has 0 amide bonds. The van der Waals surface area contributed by atoms with Gasteiger partial charge < -0.3 is 42.6 Å². The SMILES string of the molecule is C=CC(=O)OCCCCCCOc1ccc(C(=O)Oc2ccc(-c3ccc(CCC)cc3)c(/C=N/Nc3nc4ccccc4s3)c2)cc1.C=CC(=O)OCCCCCCOc1ccc(C(=O)Oc2ccc(-c3ccc(CCC)cc3)cc2/C=N/Nc2nc3ccccc3s2)cc1.C=CC(=O)OCCCCCCOc1ccc(C(=O)Oc2ccc(C3CCC(CCC)CC3)cc2/C=N/Nc2nc3ccccc3s2)cc1. The van der Waals surface area contributed by atoms with E-state index in [4.69, 9.17) is 42.6 Å². The largest absolute Gasteiger partial charge is 0.494 e. The van der Waals surface area contributed by atoms with Gasteiger partial charge in [-0.2, -0.15) is 15.3 Å². The highest BCUT2D eigenvalue weighted by atomic mass is 32.1. The molecule has 1 aliphatic carbocycles. The summed E-state index contributed by atoms with van der Waals surface area (Å²) in [5.41, 5.74) is 23.2. The Kier molecular flexibility index (Phi) is 42.6. The highest BCUT2D eigenvalue weighted by Crippen LogP contribution is 2.40. The number of fused-ring (bicyclic) bond motifs is 3. The summed E-state index contributed by atoms with van der Waals surface area (Å²) >= 11 is 4.58. The predicted molar refractivity (Wildman–Crippen MR) is 580 cm³/mol. The molecule has 11 aromatic carbocycles. The first-order valence-corrected chi connectivity index (χ1v) is 51.8. The van der Waals surface area contributed by atoms with E-state index in [1.807, 2.05) is 103 Å². The molecular weight excluding hydrogens is 1870 g/mol. The first kappa shape index (κ1) is 106. The summed E-state index contributed by atoms with van der Waals surface area (Å²) in [6, 6.07) is 79.1. The van der Waals surface area contributed by atoms with Crippen LogP contribution in [0.3, 0.4) is 0 Å². The van der Waals surface area contributed by atoms with Crippen molar-refractivity contribution in [2.24, 2.45) is 21.2 Å². The summed E-state index contributed by atoms with van der Waals surface area (Å²) in [4.78, 5) is 86.5. The van der Waals surface area contributed by atoms with E-state index in [-0.39, 0.29) is 5.97 Å². The second-order valence-corrected chi connectivity index (χ2v) is 37.5. The Morgan fingerprint density at radius 3 is 1.11 bits per heavy atom. The number of nitrogens with zero attached hydrogens (tertiary/aromatic N) is 6. The molecule has 0 unspecified atom stereocenters. The Bertz CT molecular complexity index is 6530. The molecule has 0 spiro atoms. The van der Waals surface area contributed by atoms with Crippen LogP contribution in [0.5, 0.6) is 34.5 Å². The Hall–Kier alpha value is -15.1. The smallest absolute Gasteiger partial charge is 0.343 e. The van der Waals surface area contributed by atoms with Crippen LogP contribution < -0.4 is 44.7 Å². The van der Waals surface area contributed by atoms with Crippen LogP contribution in [0.1, 0.15) is 220 Å². The number of carbonyl (C=O) groups excluding carboxylic acids is 6. The van der Waals surface area contributed by atoms with E-state index >= 15 is 0 Å². The van der Waals surface area contributed by atoms with Crippen LogP contribution in [-0.2, 0) is 41.4 Å². The number of hydrogen-bond acceptors (Lipinski definition) is 27. The second kappa shape index (κ2) is 57.8. The first-order chi connectivity index (χ1) is 70.6. The quantitative estimate of drug-likeness (QED) is 0.00607. The lowest BCUT2D eigenvalue weighted by Crippen LogP contribution is -2.14. The maximum Gasteiger partial charge on any atom is 0.343 e. The van der Waals surface area contributed by atoms with E-state index in [1.165, 1.54) is 107 Å². The van der Waals surface area contributed by atoms with Gasteiger partial charge in [-0.3, -0.25) is 16.3 Å². The molecule has 0 radical (unpaired) electrons. The standard InChI is InChI=1S/C39H45N3O5S.2C39H39N3O5S/c2*1-3-11-28-14-16-29(17-15-28)31-20-23-35(32(26-31)27-40-42-39-41-34-12-7-8-13-36(34)48-39)47-38(44)30-18-21-33(22-19-30)45-24-9-5-6-10-25-46-37(43)4-2;1-3-11-28-14-16-29(17-15-28)34-23-22-33(26-31(34)27-40-42-39-41-35-12-7-8-13-36(35)48-39)47-38(44)30-18-20-32(21-19-30)45-24-9-5-6-10-25-46-37(43)4-2/h4,7-8,12-13,18-23,26-29H,2-3,5-6,9-11,14-17,24-25H2,1H3,(H,41,42);2*4,7-8,12-23,26-27H,2-3,5-6,9-11,24-25H2,1H3,(H,41,42)/b3*40-27+. The fraction of sp³-hybridized carbons (Fsp3) is 0.282. The first-order valence-electron chi connectivity index (χ1n) is 49.3. The zero-order valence-electron chi connectivity index (χ0n) is 81.7. The van der Waals surface area contributed by atoms with Crippen LogP contribution in [0.25, 0.3) is 52.9 Å². The van der Waals surface area contributed by atoms with Gasteiger partial charge in [0, 0.05) is 34.9 Å². The number of nitrogens with one attached hydrogen (secondary N) is 3. The van der Waals surface area contributed by atoms with E-state index in [0.29, 0.717) is 118 Å². The maximum atomic E-state index is 13.2. The van der Waals surface area contributed by atoms with Gasteiger partial charge in [0.1, 0.15) is 34.5 Å². The zero-order chi connectivity index (χ0) is 101. The van der Waals surface area contributed by atoms with E-state index in [2.05, 4.69) is 148 Å². The molecule has 3 N–H and O–H groups in total. The third kappa shape index (κ3) is 34.1. The number of para-hydroxylation sites is 3. The Balaban J connectivity index is 0.000000181. The lowest BCUT2D eigenvalue weighted by molar-refractivity contribution is -0.138. The van der Waals surface area contributed by atoms with Crippen molar-refractivity contribution < 1.29 is 71.4 Å². The van der Waals surface area contributed by atoms with Crippen molar-refractivity contribution in [3.63, 3.8) is 0 Å². The van der Waals surface area contributed by atoms with Crippen molar-refractivity contribution in [1.82, 2.24) is 15.0 Å². The molecule has 0 bridgehead atoms. The summed E-state index contributed by atoms with van der Waals surface area (Å²) in [6.45, 7) is 19.6. The average molecular weight is 1990 g/mol. The van der Waals surface area contributed by atoms with Crippen LogP contribution in [0.4, 0.5) is 15.4 Å². The van der Waals surface area contributed by atoms with E-state index < -0.39 is 29.8 Å². The van der Waals surface area contributed by atoms with Gasteiger partial charge in [0.15, 0.2) is 0 Å². The summed E-state index contributed by atoms with van der Waals surface area (Å²) < 4.78 is 53.3. The fourth-order valence-corrected chi connectivity index (χ4v) is 18.6. The summed E-state index contributed by atoms with van der Waals surface area (Å²) in [5, 5.41) is 15.5. The van der Waals surface area contributed by atoms with Crippen LogP contribution >= 0.6 is 34.0 Å². The molecule has 1 fully saturated rings. The number of ether oxygens (including phenoxy) is 9. The summed E-state index contributed by atoms with van der Waals surface area (Å²) in [6.07, 6.45) is 31.0. The molecular formula is C117H123N9O15S3. The summed E-state index contributed by atoms with van der Waals surface area (Å²) in [5.74, 6) is 2.05. The molecule has 27 heteroatoms. The molecule has 3 heterocycles. The van der Waals surface area contributed by atoms with Crippen molar-refractivity contribution in [1.29, 1.82) is 0 Å². The van der Waals surface area contributed by atoms with Gasteiger partial charge in [-0.15, -0.1) is 0 Å². The molecule has 0 aliphatic heterocycles. The molecule has 14 aromatic rings. The van der Waals surface area contributed by atoms with Gasteiger partial charge in [0.05, 0.1) is 106 Å². The third-order valence-electron chi connectivity index (χ3n) is 23.7. The normalized spacial score (nSPS) is 12.7. The van der Waals surface area contributed by atoms with Crippen molar-refractivity contribution in [3.05, 3.63) is 337 Å². The van der Waals surface area contributed by atoms with Crippen LogP contribution in [0, 0.1) is 5.92 Å². The molecule has 1 saturated carbocycles. The molecule has 144 heavy (non-hydrogen) atoms. The highest BCUT2D eigenvalue weighted by Gasteiger charge is 2.25. The van der Waals surface area contributed by atoms with Crippen molar-refractivity contribution >= 4 is 135 Å². The minimum absolute atomic E-state index is 0.387. The molecule has 24 nitrogen and oxygen atoms in total. The number of aromatic nitrogens is 3. The monoisotopic (exact) mass is 1990 g/mol. The van der Waals surface area contributed by atoms with Gasteiger partial charge >= 0.3 is 35.8 Å². The summed E-state index contributed by atoms with van der Waals surface area (Å²) in [7, 11) is 0. The van der Waals surface area contributed by atoms with Gasteiger partial charge in [-0.25, -0.2) is 43.7 Å². The Morgan fingerprint density at radius 2 is 0.715 bits per heavy atom. The lowest BCUT2D eigenvalue weighted by Gasteiger charge is -2.29. The predicted octanol–water partition coefficient (Wildman–Crippen LogP) is 28.2. The van der Waals surface area contributed by atoms with Gasteiger partial charge in [0.2, 0.25) is 15.4 Å². The number of thiazole rings is 3. The van der Waals surface area contributed by atoms with Crippen molar-refractivity contribution in [3.8, 4) is 56.8 Å². The van der Waals surface area contributed by atoms with Gasteiger partial charge in [-0.1, -0.05) is 203 Å². The average Bonchev–Trinajstić information content (AvgIpc) is 1.32. The molecule has 3 aromatic heterocycles. The number of aryl methyl sites for hydroxylation is 2. The lowest BCUT2D eigenvalue weighted by atomic mass is 9.77. The van der Waals surface area contributed by atoms with Crippen molar-refractivity contribution in [2.45, 2.75) is 168 Å². The Labute approximate surface area is 853 Å². The number of benzene rings is 11. The number of anilines is 3. The zero-order valence-corrected chi connectivity index (χ0v) is 84.2. The van der Waals surface area contributed by atoms with E-state index in [0.717, 1.165) is 173 Å². The van der Waals surface area contributed by atoms with E-state index in [9.17, 15) is 28.8 Å². The minimum Gasteiger partial charge on any atom is -0.494 e. The number of unbranched alkanes of at least 4 members (excludes halogenated alkanes) is 9. The Morgan fingerprint density at radius 1 is 0.354 bits per heavy atom. The molecule has 0 atom stereocenters. The van der Waals surface area contributed by atoms with E-state index in [1.54, 1.807) is 104 Å². The fourth-order valence-electron chi connectivity index (χ4n) is 16.1.